The van der Waals surface area contributed by atoms with Crippen LogP contribution in [0.4, 0.5) is 18.3 Å². The summed E-state index contributed by atoms with van der Waals surface area (Å²) in [6.45, 7) is 0. The molecular weight excluding hydrogens is 361 g/mol. The van der Waals surface area contributed by atoms with Gasteiger partial charge in [0.1, 0.15) is 0 Å². The average molecular weight is 370 g/mol. The SMILES string of the molecule is COc1ccc(-n2ncc(C(=O)Nc3nccs3)c2C(F)(F)F)nn1. The molecule has 0 bridgehead atoms. The van der Waals surface area contributed by atoms with Gasteiger partial charge < -0.3 is 4.74 Å². The number of carbonyl (C=O) groups excluding carboxylic acids is 1. The van der Waals surface area contributed by atoms with Gasteiger partial charge in [0.15, 0.2) is 16.6 Å². The lowest BCUT2D eigenvalue weighted by Crippen LogP contribution is -2.21. The van der Waals surface area contributed by atoms with Crippen molar-refractivity contribution in [1.82, 2.24) is 25.0 Å². The third kappa shape index (κ3) is 3.42. The Kier molecular flexibility index (Phi) is 4.35. The lowest BCUT2D eigenvalue weighted by atomic mass is 10.2. The molecule has 0 radical (unpaired) electrons. The van der Waals surface area contributed by atoms with Crippen LogP contribution in [0.1, 0.15) is 16.1 Å². The summed E-state index contributed by atoms with van der Waals surface area (Å²) in [5.74, 6) is -1.05. The van der Waals surface area contributed by atoms with Crippen LogP contribution in [-0.2, 0) is 6.18 Å². The van der Waals surface area contributed by atoms with E-state index in [9.17, 15) is 18.0 Å². The van der Waals surface area contributed by atoms with E-state index in [1.54, 1.807) is 5.38 Å². The van der Waals surface area contributed by atoms with Crippen LogP contribution in [0.3, 0.4) is 0 Å². The summed E-state index contributed by atoms with van der Waals surface area (Å²) in [4.78, 5) is 16.0. The van der Waals surface area contributed by atoms with Gasteiger partial charge in [0.05, 0.1) is 18.9 Å². The number of methoxy groups -OCH3 is 1. The number of hydrogen-bond donors (Lipinski definition) is 1. The number of aromatic nitrogens is 5. The first-order chi connectivity index (χ1) is 11.9. The summed E-state index contributed by atoms with van der Waals surface area (Å²) >= 11 is 1.08. The van der Waals surface area contributed by atoms with Gasteiger partial charge in [0, 0.05) is 17.6 Å². The monoisotopic (exact) mass is 370 g/mol. The van der Waals surface area contributed by atoms with E-state index >= 15 is 0 Å². The maximum absolute atomic E-state index is 13.5. The van der Waals surface area contributed by atoms with Gasteiger partial charge in [-0.1, -0.05) is 0 Å². The van der Waals surface area contributed by atoms with Crippen molar-refractivity contribution in [3.05, 3.63) is 41.2 Å². The quantitative estimate of drug-likeness (QED) is 0.758. The van der Waals surface area contributed by atoms with Crippen LogP contribution in [0.2, 0.25) is 0 Å². The Bertz CT molecular complexity index is 876. The van der Waals surface area contributed by atoms with E-state index in [1.165, 1.54) is 25.4 Å². The summed E-state index contributed by atoms with van der Waals surface area (Å²) in [6.07, 6.45) is -2.60. The molecule has 3 rings (SSSR count). The maximum atomic E-state index is 13.5. The van der Waals surface area contributed by atoms with Crippen molar-refractivity contribution in [1.29, 1.82) is 0 Å². The molecule has 0 fully saturated rings. The largest absolute Gasteiger partial charge is 0.480 e. The molecule has 3 aromatic rings. The molecule has 8 nitrogen and oxygen atoms in total. The predicted molar refractivity (Wildman–Crippen MR) is 80.8 cm³/mol. The van der Waals surface area contributed by atoms with Crippen molar-refractivity contribution in [2.45, 2.75) is 6.18 Å². The molecule has 130 valence electrons. The fraction of sp³-hybridized carbons (Fsp3) is 0.154. The van der Waals surface area contributed by atoms with Gasteiger partial charge in [-0.2, -0.15) is 18.3 Å². The number of rotatable bonds is 4. The van der Waals surface area contributed by atoms with Gasteiger partial charge >= 0.3 is 6.18 Å². The molecule has 0 unspecified atom stereocenters. The normalized spacial score (nSPS) is 11.4. The maximum Gasteiger partial charge on any atom is 0.434 e. The highest BCUT2D eigenvalue weighted by molar-refractivity contribution is 7.13. The molecule has 0 saturated carbocycles. The number of halogens is 3. The smallest absolute Gasteiger partial charge is 0.434 e. The van der Waals surface area contributed by atoms with Crippen molar-refractivity contribution in [2.24, 2.45) is 0 Å². The standard InChI is InChI=1S/C13H9F3N6O2S/c1-24-9-3-2-8(20-21-9)22-10(13(14,15)16)7(6-18-22)11(23)19-12-17-4-5-25-12/h2-6H,1H3,(H,17,19,23). The highest BCUT2D eigenvalue weighted by Gasteiger charge is 2.41. The number of nitrogens with zero attached hydrogens (tertiary/aromatic N) is 5. The van der Waals surface area contributed by atoms with Gasteiger partial charge in [-0.3, -0.25) is 10.1 Å². The fourth-order valence-corrected chi connectivity index (χ4v) is 2.47. The summed E-state index contributed by atoms with van der Waals surface area (Å²) in [5.41, 5.74) is -1.92. The molecule has 1 amide bonds. The third-order valence-corrected chi connectivity index (χ3v) is 3.68. The molecule has 12 heteroatoms. The number of ether oxygens (including phenoxy) is 1. The summed E-state index contributed by atoms with van der Waals surface area (Å²) < 4.78 is 45.8. The Morgan fingerprint density at radius 2 is 2.12 bits per heavy atom. The molecule has 3 heterocycles. The molecule has 0 spiro atoms. The zero-order chi connectivity index (χ0) is 18.0. The summed E-state index contributed by atoms with van der Waals surface area (Å²) in [7, 11) is 1.35. The average Bonchev–Trinajstić information content (AvgIpc) is 3.23. The van der Waals surface area contributed by atoms with Crippen molar-refractivity contribution in [2.75, 3.05) is 12.4 Å². The van der Waals surface area contributed by atoms with Crippen LogP contribution in [-0.4, -0.2) is 38.0 Å². The molecule has 0 atom stereocenters. The van der Waals surface area contributed by atoms with E-state index < -0.39 is 23.3 Å². The van der Waals surface area contributed by atoms with Crippen molar-refractivity contribution < 1.29 is 22.7 Å². The van der Waals surface area contributed by atoms with E-state index in [0.29, 0.717) is 4.68 Å². The molecule has 3 aromatic heterocycles. The zero-order valence-electron chi connectivity index (χ0n) is 12.5. The van der Waals surface area contributed by atoms with Crippen LogP contribution in [0, 0.1) is 0 Å². The molecule has 1 N–H and O–H groups in total. The van der Waals surface area contributed by atoms with E-state index in [-0.39, 0.29) is 16.8 Å². The van der Waals surface area contributed by atoms with Gasteiger partial charge in [0.25, 0.3) is 5.91 Å². The zero-order valence-corrected chi connectivity index (χ0v) is 13.3. The Labute approximate surface area is 142 Å². The van der Waals surface area contributed by atoms with Gasteiger partial charge in [-0.15, -0.1) is 21.5 Å². The Morgan fingerprint density at radius 3 is 2.68 bits per heavy atom. The summed E-state index contributed by atoms with van der Waals surface area (Å²) in [5, 5.41) is 14.9. The number of amides is 1. The second-order valence-electron chi connectivity index (χ2n) is 4.54. The van der Waals surface area contributed by atoms with Gasteiger partial charge in [0.2, 0.25) is 5.88 Å². The molecule has 0 aliphatic heterocycles. The Hall–Kier alpha value is -3.02. The van der Waals surface area contributed by atoms with E-state index in [4.69, 9.17) is 4.74 Å². The minimum Gasteiger partial charge on any atom is -0.480 e. The molecule has 25 heavy (non-hydrogen) atoms. The van der Waals surface area contributed by atoms with Crippen molar-refractivity contribution in [3.8, 4) is 11.7 Å². The number of alkyl halides is 3. The van der Waals surface area contributed by atoms with Gasteiger partial charge in [-0.05, 0) is 6.07 Å². The third-order valence-electron chi connectivity index (χ3n) is 2.99. The molecular formula is C13H9F3N6O2S. The van der Waals surface area contributed by atoms with E-state index in [0.717, 1.165) is 17.5 Å². The Morgan fingerprint density at radius 1 is 1.32 bits per heavy atom. The highest BCUT2D eigenvalue weighted by Crippen LogP contribution is 2.33. The minimum atomic E-state index is -4.84. The highest BCUT2D eigenvalue weighted by atomic mass is 32.1. The number of nitrogens with one attached hydrogen (secondary N) is 1. The lowest BCUT2D eigenvalue weighted by molar-refractivity contribution is -0.143. The molecule has 0 aliphatic carbocycles. The number of hydrogen-bond acceptors (Lipinski definition) is 7. The Balaban J connectivity index is 2.02. The van der Waals surface area contributed by atoms with E-state index in [1.807, 2.05) is 0 Å². The number of thiazole rings is 1. The fourth-order valence-electron chi connectivity index (χ4n) is 1.95. The predicted octanol–water partition coefficient (Wildman–Crippen LogP) is 2.40. The first kappa shape index (κ1) is 16.8. The summed E-state index contributed by atoms with van der Waals surface area (Å²) in [6, 6.07) is 2.58. The number of anilines is 1. The number of carbonyl (C=O) groups is 1. The van der Waals surface area contributed by atoms with Gasteiger partial charge in [-0.25, -0.2) is 9.67 Å². The topological polar surface area (TPSA) is 94.8 Å². The second kappa shape index (κ2) is 6.47. The first-order valence-corrected chi connectivity index (χ1v) is 7.52. The second-order valence-corrected chi connectivity index (χ2v) is 5.44. The molecule has 0 saturated heterocycles. The van der Waals surface area contributed by atoms with Crippen molar-refractivity contribution in [3.63, 3.8) is 0 Å². The van der Waals surface area contributed by atoms with Crippen LogP contribution >= 0.6 is 11.3 Å². The van der Waals surface area contributed by atoms with Crippen molar-refractivity contribution >= 4 is 22.4 Å². The van der Waals surface area contributed by atoms with Crippen LogP contribution in [0.5, 0.6) is 5.88 Å². The lowest BCUT2D eigenvalue weighted by Gasteiger charge is -2.11. The van der Waals surface area contributed by atoms with Crippen LogP contribution in [0.15, 0.2) is 29.9 Å². The van der Waals surface area contributed by atoms with Crippen LogP contribution in [0.25, 0.3) is 5.82 Å². The first-order valence-electron chi connectivity index (χ1n) is 6.64. The molecule has 0 aliphatic rings. The molecule has 0 aromatic carbocycles. The minimum absolute atomic E-state index is 0.131. The van der Waals surface area contributed by atoms with Crippen LogP contribution < -0.4 is 10.1 Å². The van der Waals surface area contributed by atoms with E-state index in [2.05, 4.69) is 25.6 Å².